The summed E-state index contributed by atoms with van der Waals surface area (Å²) in [6, 6.07) is 0. The number of nitrogens with one attached hydrogen (secondary N) is 1. The van der Waals surface area contributed by atoms with Crippen LogP contribution in [0.5, 0.6) is 0 Å². The fraction of sp³-hybridized carbons (Fsp3) is 0.750. The third kappa shape index (κ3) is 3.28. The fourth-order valence-electron chi connectivity index (χ4n) is 1.01. The number of hydrogen-bond donors (Lipinski definition) is 1. The molecule has 0 saturated carbocycles. The molecule has 1 aromatic rings. The molecular formula is C8H16N4O2S. The van der Waals surface area contributed by atoms with Crippen molar-refractivity contribution in [1.29, 1.82) is 0 Å². The van der Waals surface area contributed by atoms with Crippen LogP contribution in [0.4, 0.5) is 0 Å². The van der Waals surface area contributed by atoms with E-state index in [4.69, 9.17) is 0 Å². The number of aryl methyl sites for hydroxylation is 1. The Hall–Kier alpha value is -0.950. The largest absolute Gasteiger partial charge is 0.321 e. The Kier molecular flexibility index (Phi) is 3.81. The molecule has 1 rings (SSSR count). The van der Waals surface area contributed by atoms with Gasteiger partial charge in [0.25, 0.3) is 0 Å². The Bertz CT molecular complexity index is 410. The molecule has 15 heavy (non-hydrogen) atoms. The molecule has 0 aliphatic heterocycles. The predicted molar refractivity (Wildman–Crippen MR) is 56.8 cm³/mol. The maximum Gasteiger partial charge on any atom is 0.213 e. The molecule has 0 atom stereocenters. The van der Waals surface area contributed by atoms with Crippen molar-refractivity contribution in [2.75, 3.05) is 6.54 Å². The summed E-state index contributed by atoms with van der Waals surface area (Å²) >= 11 is 0. The van der Waals surface area contributed by atoms with Crippen LogP contribution >= 0.6 is 0 Å². The van der Waals surface area contributed by atoms with Gasteiger partial charge in [-0.15, -0.1) is 10.2 Å². The fourth-order valence-corrected chi connectivity index (χ4v) is 1.73. The molecule has 0 spiro atoms. The van der Waals surface area contributed by atoms with E-state index in [0.717, 1.165) is 5.82 Å². The predicted octanol–water partition coefficient (Wildman–Crippen LogP) is -0.315. The third-order valence-corrected chi connectivity index (χ3v) is 3.93. The van der Waals surface area contributed by atoms with E-state index in [-0.39, 0.29) is 0 Å². The molecule has 0 aliphatic carbocycles. The first-order chi connectivity index (χ1) is 6.93. The van der Waals surface area contributed by atoms with Gasteiger partial charge in [0.1, 0.15) is 12.2 Å². The Morgan fingerprint density at radius 1 is 1.53 bits per heavy atom. The van der Waals surface area contributed by atoms with Crippen molar-refractivity contribution in [2.45, 2.75) is 25.5 Å². The molecule has 7 heteroatoms. The first kappa shape index (κ1) is 12.1. The van der Waals surface area contributed by atoms with Gasteiger partial charge < -0.3 is 4.57 Å². The van der Waals surface area contributed by atoms with Crippen molar-refractivity contribution in [3.63, 3.8) is 0 Å². The average molecular weight is 232 g/mol. The molecule has 86 valence electrons. The van der Waals surface area contributed by atoms with Crippen molar-refractivity contribution in [2.24, 2.45) is 7.05 Å². The zero-order valence-electron chi connectivity index (χ0n) is 9.14. The number of nitrogens with zero attached hydrogens (tertiary/aromatic N) is 3. The summed E-state index contributed by atoms with van der Waals surface area (Å²) < 4.78 is 27.1. The topological polar surface area (TPSA) is 76.9 Å². The lowest BCUT2D eigenvalue weighted by atomic mass is 10.4. The van der Waals surface area contributed by atoms with Gasteiger partial charge in [-0.05, 0) is 13.8 Å². The second-order valence-electron chi connectivity index (χ2n) is 3.60. The summed E-state index contributed by atoms with van der Waals surface area (Å²) in [6.45, 7) is 3.64. The normalized spacial score (nSPS) is 12.3. The van der Waals surface area contributed by atoms with Crippen molar-refractivity contribution in [1.82, 2.24) is 19.5 Å². The third-order valence-electron chi connectivity index (χ3n) is 2.08. The Morgan fingerprint density at radius 2 is 2.20 bits per heavy atom. The minimum absolute atomic E-state index is 0.354. The summed E-state index contributed by atoms with van der Waals surface area (Å²) in [7, 11) is -1.35. The summed E-state index contributed by atoms with van der Waals surface area (Å²) in [4.78, 5) is 0. The number of aromatic nitrogens is 3. The highest BCUT2D eigenvalue weighted by Crippen LogP contribution is 1.97. The Labute approximate surface area is 89.8 Å². The van der Waals surface area contributed by atoms with Crippen LogP contribution in [0.2, 0.25) is 0 Å². The molecule has 0 saturated heterocycles. The molecule has 6 nitrogen and oxygen atoms in total. The Balaban J connectivity index is 2.44. The lowest BCUT2D eigenvalue weighted by molar-refractivity contribution is 0.571. The number of rotatable bonds is 5. The van der Waals surface area contributed by atoms with Crippen LogP contribution < -0.4 is 4.72 Å². The smallest absolute Gasteiger partial charge is 0.213 e. The van der Waals surface area contributed by atoms with Gasteiger partial charge in [-0.2, -0.15) is 0 Å². The molecule has 1 heterocycles. The van der Waals surface area contributed by atoms with Crippen molar-refractivity contribution in [3.05, 3.63) is 12.2 Å². The van der Waals surface area contributed by atoms with Gasteiger partial charge >= 0.3 is 0 Å². The molecule has 0 fully saturated rings. The second-order valence-corrected chi connectivity index (χ2v) is 5.92. The average Bonchev–Trinajstić information content (AvgIpc) is 2.51. The lowest BCUT2D eigenvalue weighted by Gasteiger charge is -2.08. The molecule has 0 amide bonds. The van der Waals surface area contributed by atoms with E-state index in [9.17, 15) is 8.42 Å². The van der Waals surface area contributed by atoms with Gasteiger partial charge in [0.05, 0.1) is 5.25 Å². The van der Waals surface area contributed by atoms with E-state index >= 15 is 0 Å². The van der Waals surface area contributed by atoms with E-state index in [2.05, 4.69) is 14.9 Å². The molecular weight excluding hydrogens is 216 g/mol. The SMILES string of the molecule is CC(C)S(=O)(=O)NCCc1nncn1C. The van der Waals surface area contributed by atoms with Crippen LogP contribution in [0.3, 0.4) is 0 Å². The van der Waals surface area contributed by atoms with Crippen LogP contribution in [0.1, 0.15) is 19.7 Å². The molecule has 0 unspecified atom stereocenters. The van der Waals surface area contributed by atoms with Crippen molar-refractivity contribution < 1.29 is 8.42 Å². The van der Waals surface area contributed by atoms with Crippen LogP contribution in [-0.2, 0) is 23.5 Å². The van der Waals surface area contributed by atoms with E-state index in [1.54, 1.807) is 24.7 Å². The van der Waals surface area contributed by atoms with Crippen molar-refractivity contribution in [3.8, 4) is 0 Å². The van der Waals surface area contributed by atoms with Crippen LogP contribution in [0.25, 0.3) is 0 Å². The standard InChI is InChI=1S/C8H16N4O2S/c1-7(2)15(13,14)10-5-4-8-11-9-6-12(8)3/h6-7,10H,4-5H2,1-3H3. The number of sulfonamides is 1. The van der Waals surface area contributed by atoms with Crippen LogP contribution in [-0.4, -0.2) is 35.0 Å². The maximum atomic E-state index is 11.4. The minimum Gasteiger partial charge on any atom is -0.321 e. The summed E-state index contributed by atoms with van der Waals surface area (Å²) in [5.74, 6) is 0.765. The summed E-state index contributed by atoms with van der Waals surface area (Å²) in [6.07, 6.45) is 2.13. The number of hydrogen-bond acceptors (Lipinski definition) is 4. The van der Waals surface area contributed by atoms with E-state index in [0.29, 0.717) is 13.0 Å². The van der Waals surface area contributed by atoms with Crippen molar-refractivity contribution >= 4 is 10.0 Å². The molecule has 0 radical (unpaired) electrons. The first-order valence-electron chi connectivity index (χ1n) is 4.75. The minimum atomic E-state index is -3.17. The summed E-state index contributed by atoms with van der Waals surface area (Å²) in [5, 5.41) is 7.16. The van der Waals surface area contributed by atoms with E-state index in [1.165, 1.54) is 0 Å². The molecule has 0 aromatic carbocycles. The van der Waals surface area contributed by atoms with E-state index in [1.807, 2.05) is 7.05 Å². The first-order valence-corrected chi connectivity index (χ1v) is 6.29. The Morgan fingerprint density at radius 3 is 2.67 bits per heavy atom. The zero-order chi connectivity index (χ0) is 11.5. The van der Waals surface area contributed by atoms with Gasteiger partial charge in [0.2, 0.25) is 10.0 Å². The molecule has 1 aromatic heterocycles. The monoisotopic (exact) mass is 232 g/mol. The highest BCUT2D eigenvalue weighted by atomic mass is 32.2. The molecule has 1 N–H and O–H groups in total. The lowest BCUT2D eigenvalue weighted by Crippen LogP contribution is -2.32. The van der Waals surface area contributed by atoms with Crippen LogP contribution in [0.15, 0.2) is 6.33 Å². The van der Waals surface area contributed by atoms with E-state index < -0.39 is 15.3 Å². The van der Waals surface area contributed by atoms with Gasteiger partial charge in [0, 0.05) is 20.0 Å². The van der Waals surface area contributed by atoms with Crippen LogP contribution in [0, 0.1) is 0 Å². The molecule has 0 bridgehead atoms. The summed E-state index contributed by atoms with van der Waals surface area (Å²) in [5.41, 5.74) is 0. The maximum absolute atomic E-state index is 11.4. The van der Waals surface area contributed by atoms with Gasteiger partial charge in [-0.25, -0.2) is 13.1 Å². The zero-order valence-corrected chi connectivity index (χ0v) is 9.95. The highest BCUT2D eigenvalue weighted by molar-refractivity contribution is 7.90. The van der Waals surface area contributed by atoms with Gasteiger partial charge in [-0.1, -0.05) is 0 Å². The quantitative estimate of drug-likeness (QED) is 0.755. The molecule has 0 aliphatic rings. The van der Waals surface area contributed by atoms with Gasteiger partial charge in [-0.3, -0.25) is 0 Å². The van der Waals surface area contributed by atoms with Gasteiger partial charge in [0.15, 0.2) is 0 Å². The second kappa shape index (κ2) is 4.71. The highest BCUT2D eigenvalue weighted by Gasteiger charge is 2.14.